The largest absolute Gasteiger partial charge is 0.480 e. The molecule has 1 fully saturated rings. The molecule has 0 saturated carbocycles. The van der Waals surface area contributed by atoms with Crippen LogP contribution in [0.25, 0.3) is 0 Å². The lowest BCUT2D eigenvalue weighted by molar-refractivity contribution is -0.139. The summed E-state index contributed by atoms with van der Waals surface area (Å²) in [7, 11) is 0. The van der Waals surface area contributed by atoms with Crippen molar-refractivity contribution in [2.45, 2.75) is 31.5 Å². The lowest BCUT2D eigenvalue weighted by atomic mass is 10.2. The highest BCUT2D eigenvalue weighted by Crippen LogP contribution is 2.12. The number of hydrogen-bond donors (Lipinski definition) is 4. The summed E-state index contributed by atoms with van der Waals surface area (Å²) in [5, 5.41) is 29.0. The van der Waals surface area contributed by atoms with Gasteiger partial charge in [-0.25, -0.2) is 9.59 Å². The average molecular weight is 276 g/mol. The van der Waals surface area contributed by atoms with Crippen molar-refractivity contribution < 1.29 is 29.6 Å². The Morgan fingerprint density at radius 3 is 2.68 bits per heavy atom. The van der Waals surface area contributed by atoms with Gasteiger partial charge in [-0.2, -0.15) is 0 Å². The summed E-state index contributed by atoms with van der Waals surface area (Å²) < 4.78 is 5.29. The topological polar surface area (TPSA) is 119 Å². The molecular weight excluding hydrogens is 256 g/mol. The molecule has 3 unspecified atom stereocenters. The molecule has 1 aliphatic rings. The fourth-order valence-corrected chi connectivity index (χ4v) is 1.83. The number of urea groups is 1. The van der Waals surface area contributed by atoms with Gasteiger partial charge in [0.1, 0.15) is 6.04 Å². The second kappa shape index (κ2) is 7.27. The first kappa shape index (κ1) is 15.7. The highest BCUT2D eigenvalue weighted by Gasteiger charge is 2.31. The second-order valence-electron chi connectivity index (χ2n) is 4.49. The van der Waals surface area contributed by atoms with Crippen molar-refractivity contribution >= 4 is 12.0 Å². The third-order valence-corrected chi connectivity index (χ3v) is 2.98. The van der Waals surface area contributed by atoms with E-state index in [1.165, 1.54) is 4.90 Å². The van der Waals surface area contributed by atoms with Crippen molar-refractivity contribution in [1.29, 1.82) is 0 Å². The van der Waals surface area contributed by atoms with Crippen LogP contribution in [0.1, 0.15) is 13.3 Å². The maximum atomic E-state index is 12.0. The number of carboxylic acid groups (broad SMARTS) is 1. The molecule has 0 radical (unpaired) electrons. The molecule has 110 valence electrons. The number of nitrogens with one attached hydrogen (secondary N) is 1. The van der Waals surface area contributed by atoms with E-state index in [0.717, 1.165) is 0 Å². The minimum absolute atomic E-state index is 0.0524. The minimum Gasteiger partial charge on any atom is -0.480 e. The number of ether oxygens (including phenoxy) is 1. The van der Waals surface area contributed by atoms with Gasteiger partial charge in [-0.05, 0) is 6.92 Å². The Labute approximate surface area is 111 Å². The molecule has 1 saturated heterocycles. The van der Waals surface area contributed by atoms with Crippen molar-refractivity contribution in [1.82, 2.24) is 10.2 Å². The third kappa shape index (κ3) is 4.34. The van der Waals surface area contributed by atoms with E-state index in [1.54, 1.807) is 6.92 Å². The fraction of sp³-hybridized carbons (Fsp3) is 0.818. The molecule has 8 nitrogen and oxygen atoms in total. The van der Waals surface area contributed by atoms with Crippen LogP contribution in [0.15, 0.2) is 0 Å². The summed E-state index contributed by atoms with van der Waals surface area (Å²) in [4.78, 5) is 24.3. The van der Waals surface area contributed by atoms with Gasteiger partial charge >= 0.3 is 12.0 Å². The number of morpholine rings is 1. The van der Waals surface area contributed by atoms with Gasteiger partial charge < -0.3 is 30.3 Å². The smallest absolute Gasteiger partial charge is 0.326 e. The van der Waals surface area contributed by atoms with E-state index in [-0.39, 0.29) is 38.8 Å². The molecule has 0 aromatic carbocycles. The Hall–Kier alpha value is -1.38. The van der Waals surface area contributed by atoms with E-state index in [9.17, 15) is 9.59 Å². The van der Waals surface area contributed by atoms with Crippen molar-refractivity contribution in [2.75, 3.05) is 26.4 Å². The van der Waals surface area contributed by atoms with Crippen LogP contribution >= 0.6 is 0 Å². The number of aliphatic carboxylic acids is 1. The Balaban J connectivity index is 2.61. The van der Waals surface area contributed by atoms with Gasteiger partial charge in [-0.1, -0.05) is 0 Å². The number of amides is 2. The van der Waals surface area contributed by atoms with Gasteiger partial charge in [0.05, 0.1) is 31.9 Å². The lowest BCUT2D eigenvalue weighted by Crippen LogP contribution is -2.57. The Morgan fingerprint density at radius 1 is 1.47 bits per heavy atom. The highest BCUT2D eigenvalue weighted by atomic mass is 16.5. The number of aliphatic hydroxyl groups is 2. The van der Waals surface area contributed by atoms with Gasteiger partial charge in [-0.3, -0.25) is 0 Å². The first-order valence-corrected chi connectivity index (χ1v) is 6.12. The summed E-state index contributed by atoms with van der Waals surface area (Å²) >= 11 is 0. The number of carboxylic acids is 1. The first-order valence-electron chi connectivity index (χ1n) is 6.12. The molecule has 0 aliphatic carbocycles. The SMILES string of the molecule is CC1COC(CO)CN1C(=O)NC(CCO)C(=O)O. The lowest BCUT2D eigenvalue weighted by Gasteiger charge is -2.37. The quantitative estimate of drug-likeness (QED) is 0.491. The minimum atomic E-state index is -1.19. The van der Waals surface area contributed by atoms with E-state index >= 15 is 0 Å². The molecule has 2 amide bonds. The summed E-state index contributed by atoms with van der Waals surface area (Å²) in [6, 6.07) is -1.86. The molecule has 0 spiro atoms. The van der Waals surface area contributed by atoms with Crippen LogP contribution < -0.4 is 5.32 Å². The second-order valence-corrected chi connectivity index (χ2v) is 4.49. The van der Waals surface area contributed by atoms with Crippen LogP contribution in [0.3, 0.4) is 0 Å². The zero-order valence-electron chi connectivity index (χ0n) is 10.8. The van der Waals surface area contributed by atoms with E-state index in [2.05, 4.69) is 5.32 Å². The molecule has 8 heteroatoms. The zero-order chi connectivity index (χ0) is 14.4. The summed E-state index contributed by atoms with van der Waals surface area (Å²) in [5.41, 5.74) is 0. The number of rotatable bonds is 5. The molecule has 0 aromatic rings. The standard InChI is InChI=1S/C11H20N2O6/c1-7-6-19-8(5-15)4-13(7)11(18)12-9(2-3-14)10(16)17/h7-9,14-15H,2-6H2,1H3,(H,12,18)(H,16,17). The maximum Gasteiger partial charge on any atom is 0.326 e. The Bertz CT molecular complexity index is 324. The fourth-order valence-electron chi connectivity index (χ4n) is 1.83. The summed E-state index contributed by atoms with van der Waals surface area (Å²) in [6.07, 6.45) is -0.508. The molecular formula is C11H20N2O6. The van der Waals surface area contributed by atoms with Crippen LogP contribution in [0, 0.1) is 0 Å². The first-order chi connectivity index (χ1) is 8.99. The maximum absolute atomic E-state index is 12.0. The van der Waals surface area contributed by atoms with E-state index in [4.69, 9.17) is 20.1 Å². The van der Waals surface area contributed by atoms with E-state index in [1.807, 2.05) is 0 Å². The Morgan fingerprint density at radius 2 is 2.16 bits per heavy atom. The van der Waals surface area contributed by atoms with Crippen LogP contribution in [0.4, 0.5) is 4.79 Å². The monoisotopic (exact) mass is 276 g/mol. The van der Waals surface area contributed by atoms with Crippen molar-refractivity contribution in [3.63, 3.8) is 0 Å². The molecule has 3 atom stereocenters. The summed E-state index contributed by atoms with van der Waals surface area (Å²) in [5.74, 6) is -1.19. The molecule has 1 rings (SSSR count). The molecule has 0 bridgehead atoms. The van der Waals surface area contributed by atoms with E-state index in [0.29, 0.717) is 0 Å². The predicted molar refractivity (Wildman–Crippen MR) is 64.7 cm³/mol. The van der Waals surface area contributed by atoms with Gasteiger partial charge in [0, 0.05) is 13.0 Å². The van der Waals surface area contributed by atoms with Crippen LogP contribution in [0.2, 0.25) is 0 Å². The summed E-state index contributed by atoms with van der Waals surface area (Å²) in [6.45, 7) is 1.74. The molecule has 19 heavy (non-hydrogen) atoms. The van der Waals surface area contributed by atoms with Gasteiger partial charge in [0.15, 0.2) is 0 Å². The highest BCUT2D eigenvalue weighted by molar-refractivity contribution is 5.82. The normalized spacial score (nSPS) is 24.9. The van der Waals surface area contributed by atoms with Crippen molar-refractivity contribution in [3.8, 4) is 0 Å². The molecule has 4 N–H and O–H groups in total. The van der Waals surface area contributed by atoms with Crippen LogP contribution in [-0.2, 0) is 9.53 Å². The molecule has 0 aromatic heterocycles. The average Bonchev–Trinajstić information content (AvgIpc) is 2.38. The van der Waals surface area contributed by atoms with Crippen molar-refractivity contribution in [3.05, 3.63) is 0 Å². The number of carbonyl (C=O) groups excluding carboxylic acids is 1. The Kier molecular flexibility index (Phi) is 6.00. The van der Waals surface area contributed by atoms with Crippen LogP contribution in [0.5, 0.6) is 0 Å². The van der Waals surface area contributed by atoms with Gasteiger partial charge in [-0.15, -0.1) is 0 Å². The van der Waals surface area contributed by atoms with Crippen LogP contribution in [-0.4, -0.2) is 76.8 Å². The number of aliphatic hydroxyl groups excluding tert-OH is 2. The van der Waals surface area contributed by atoms with Crippen molar-refractivity contribution in [2.24, 2.45) is 0 Å². The van der Waals surface area contributed by atoms with Gasteiger partial charge in [0.25, 0.3) is 0 Å². The number of nitrogens with zero attached hydrogens (tertiary/aromatic N) is 1. The third-order valence-electron chi connectivity index (χ3n) is 2.98. The van der Waals surface area contributed by atoms with E-state index < -0.39 is 24.1 Å². The zero-order valence-corrected chi connectivity index (χ0v) is 10.8. The molecule has 1 aliphatic heterocycles. The number of carbonyl (C=O) groups is 2. The predicted octanol–water partition coefficient (Wildman–Crippen LogP) is -1.39. The number of hydrogen-bond acceptors (Lipinski definition) is 5. The van der Waals surface area contributed by atoms with Gasteiger partial charge in [0.2, 0.25) is 0 Å². The molecule has 1 heterocycles.